The summed E-state index contributed by atoms with van der Waals surface area (Å²) >= 11 is 0. The topological polar surface area (TPSA) is 86.6 Å². The molecule has 2 aromatic heterocycles. The standard InChI is InChI=1S/C31H35N7O2.2ClH/c1-21-8-4-6-10-24(21)25-18-37(30-28(25)29(35(2)3)32-20-33-30)19-27(39)36-15-13-23(14-16-36)38-17-12-22-9-5-7-11-26(22)34-31(38)40;;/h4-11,18,20,23H,12-17,19H2,1-3H3,(H,34,40);2*1H. The van der Waals surface area contributed by atoms with Gasteiger partial charge in [0.25, 0.3) is 0 Å². The lowest BCUT2D eigenvalue weighted by Crippen LogP contribution is -2.50. The van der Waals surface area contributed by atoms with Gasteiger partial charge in [-0.2, -0.15) is 0 Å². The third-order valence-electron chi connectivity index (χ3n) is 8.20. The quantitative estimate of drug-likeness (QED) is 0.327. The van der Waals surface area contributed by atoms with Gasteiger partial charge in [0.2, 0.25) is 5.91 Å². The molecule has 0 spiro atoms. The number of hydrogen-bond donors (Lipinski definition) is 1. The summed E-state index contributed by atoms with van der Waals surface area (Å²) in [6, 6.07) is 16.3. The second kappa shape index (κ2) is 13.0. The summed E-state index contributed by atoms with van der Waals surface area (Å²) < 4.78 is 1.96. The molecule has 9 nitrogen and oxygen atoms in total. The molecule has 0 saturated carbocycles. The van der Waals surface area contributed by atoms with Crippen LogP contribution < -0.4 is 10.2 Å². The highest BCUT2D eigenvalue weighted by Gasteiger charge is 2.31. The monoisotopic (exact) mass is 609 g/mol. The molecule has 2 aromatic carbocycles. The van der Waals surface area contributed by atoms with Crippen LogP contribution in [0.1, 0.15) is 24.0 Å². The van der Waals surface area contributed by atoms with Gasteiger partial charge in [0, 0.05) is 57.2 Å². The Morgan fingerprint density at radius 3 is 2.43 bits per heavy atom. The van der Waals surface area contributed by atoms with Gasteiger partial charge >= 0.3 is 6.03 Å². The number of hydrogen-bond acceptors (Lipinski definition) is 5. The van der Waals surface area contributed by atoms with Gasteiger partial charge in [0.05, 0.1) is 5.39 Å². The van der Waals surface area contributed by atoms with E-state index in [-0.39, 0.29) is 49.3 Å². The van der Waals surface area contributed by atoms with Gasteiger partial charge in [-0.1, -0.05) is 42.5 Å². The van der Waals surface area contributed by atoms with Crippen molar-refractivity contribution in [2.75, 3.05) is 43.9 Å². The Kier molecular flexibility index (Phi) is 9.64. The number of anilines is 2. The molecule has 4 heterocycles. The predicted molar refractivity (Wildman–Crippen MR) is 172 cm³/mol. The first-order chi connectivity index (χ1) is 19.4. The maximum absolute atomic E-state index is 13.6. The Morgan fingerprint density at radius 1 is 0.976 bits per heavy atom. The van der Waals surface area contributed by atoms with Crippen LogP contribution in [0.15, 0.2) is 61.1 Å². The number of carbonyl (C=O) groups is 2. The maximum Gasteiger partial charge on any atom is 0.322 e. The maximum atomic E-state index is 13.6. The van der Waals surface area contributed by atoms with Crippen molar-refractivity contribution in [2.45, 2.75) is 38.8 Å². The van der Waals surface area contributed by atoms with Gasteiger partial charge in [-0.3, -0.25) is 4.79 Å². The average molecular weight is 611 g/mol. The molecule has 0 unspecified atom stereocenters. The van der Waals surface area contributed by atoms with E-state index in [9.17, 15) is 9.59 Å². The first-order valence-electron chi connectivity index (χ1n) is 13.9. The third-order valence-corrected chi connectivity index (χ3v) is 8.20. The molecule has 4 aromatic rings. The first-order valence-corrected chi connectivity index (χ1v) is 13.9. The minimum Gasteiger partial charge on any atom is -0.362 e. The Hall–Kier alpha value is -3.82. The van der Waals surface area contributed by atoms with Crippen molar-refractivity contribution in [2.24, 2.45) is 0 Å². The number of aromatic nitrogens is 3. The molecule has 1 N–H and O–H groups in total. The lowest BCUT2D eigenvalue weighted by atomic mass is 10.0. The lowest BCUT2D eigenvalue weighted by molar-refractivity contribution is -0.133. The Morgan fingerprint density at radius 2 is 1.69 bits per heavy atom. The summed E-state index contributed by atoms with van der Waals surface area (Å²) in [4.78, 5) is 41.6. The molecule has 0 bridgehead atoms. The minimum absolute atomic E-state index is 0. The SMILES string of the molecule is Cc1ccccc1-c1cn(CC(=O)N2CCC(N3CCc4ccccc4NC3=O)CC2)c2ncnc(N(C)C)c12.Cl.Cl. The molecule has 1 fully saturated rings. The van der Waals surface area contributed by atoms with Crippen molar-refractivity contribution in [3.05, 3.63) is 72.2 Å². The van der Waals surface area contributed by atoms with E-state index >= 15 is 0 Å². The number of benzene rings is 2. The molecule has 3 amide bonds. The zero-order valence-electron chi connectivity index (χ0n) is 24.1. The summed E-state index contributed by atoms with van der Waals surface area (Å²) in [5.74, 6) is 0.887. The van der Waals surface area contributed by atoms with Crippen LogP contribution in [-0.4, -0.2) is 76.0 Å². The number of piperidine rings is 1. The van der Waals surface area contributed by atoms with Crippen LogP contribution in [0.4, 0.5) is 16.3 Å². The molecule has 6 rings (SSSR count). The zero-order chi connectivity index (χ0) is 27.8. The molecule has 0 atom stereocenters. The van der Waals surface area contributed by atoms with Crippen molar-refractivity contribution in [1.29, 1.82) is 0 Å². The first kappa shape index (κ1) is 31.1. The van der Waals surface area contributed by atoms with E-state index in [1.807, 2.05) is 69.9 Å². The highest BCUT2D eigenvalue weighted by molar-refractivity contribution is 6.02. The number of rotatable bonds is 5. The Balaban J connectivity index is 0.00000202. The van der Waals surface area contributed by atoms with Crippen LogP contribution in [0.25, 0.3) is 22.2 Å². The fourth-order valence-electron chi connectivity index (χ4n) is 6.06. The molecule has 0 aliphatic carbocycles. The van der Waals surface area contributed by atoms with E-state index in [2.05, 4.69) is 40.4 Å². The molecule has 0 radical (unpaired) electrons. The molecule has 222 valence electrons. The lowest BCUT2D eigenvalue weighted by Gasteiger charge is -2.38. The Bertz CT molecular complexity index is 1580. The molecule has 42 heavy (non-hydrogen) atoms. The van der Waals surface area contributed by atoms with Crippen LogP contribution in [0, 0.1) is 6.92 Å². The van der Waals surface area contributed by atoms with Gasteiger partial charge in [0.1, 0.15) is 24.3 Å². The number of para-hydroxylation sites is 1. The second-order valence-corrected chi connectivity index (χ2v) is 10.9. The van der Waals surface area contributed by atoms with Crippen LogP contribution in [0.2, 0.25) is 0 Å². The normalized spacial score (nSPS) is 15.3. The zero-order valence-corrected chi connectivity index (χ0v) is 25.7. The summed E-state index contributed by atoms with van der Waals surface area (Å²) in [7, 11) is 3.94. The molecule has 2 aliphatic heterocycles. The molecular weight excluding hydrogens is 573 g/mol. The number of aryl methyl sites for hydroxylation is 1. The Labute approximate surface area is 258 Å². The fraction of sp³-hybridized carbons (Fsp3) is 0.355. The number of nitrogens with zero attached hydrogens (tertiary/aromatic N) is 6. The van der Waals surface area contributed by atoms with Crippen LogP contribution in [0.3, 0.4) is 0 Å². The van der Waals surface area contributed by atoms with E-state index in [1.165, 1.54) is 0 Å². The van der Waals surface area contributed by atoms with E-state index < -0.39 is 0 Å². The van der Waals surface area contributed by atoms with Gasteiger partial charge < -0.3 is 24.6 Å². The van der Waals surface area contributed by atoms with Crippen molar-refractivity contribution < 1.29 is 9.59 Å². The molecular formula is C31H37Cl2N7O2. The largest absolute Gasteiger partial charge is 0.362 e. The summed E-state index contributed by atoms with van der Waals surface area (Å²) in [6.07, 6.45) is 5.97. The van der Waals surface area contributed by atoms with Gasteiger partial charge in [-0.05, 0) is 48.9 Å². The predicted octanol–water partition coefficient (Wildman–Crippen LogP) is 5.40. The second-order valence-electron chi connectivity index (χ2n) is 10.9. The summed E-state index contributed by atoms with van der Waals surface area (Å²) in [5.41, 5.74) is 6.10. The van der Waals surface area contributed by atoms with E-state index in [0.717, 1.165) is 64.1 Å². The van der Waals surface area contributed by atoms with Crippen molar-refractivity contribution >= 4 is 59.3 Å². The van der Waals surface area contributed by atoms with E-state index in [1.54, 1.807) is 6.33 Å². The van der Waals surface area contributed by atoms with Crippen molar-refractivity contribution in [3.63, 3.8) is 0 Å². The smallest absolute Gasteiger partial charge is 0.322 e. The number of fused-ring (bicyclic) bond motifs is 2. The highest BCUT2D eigenvalue weighted by atomic mass is 35.5. The van der Waals surface area contributed by atoms with Crippen LogP contribution in [0.5, 0.6) is 0 Å². The number of halogens is 2. The number of likely N-dealkylation sites (tertiary alicyclic amines) is 1. The number of amides is 3. The van der Waals surface area contributed by atoms with E-state index in [0.29, 0.717) is 19.6 Å². The minimum atomic E-state index is -0.0475. The molecule has 1 saturated heterocycles. The van der Waals surface area contributed by atoms with Crippen molar-refractivity contribution in [1.82, 2.24) is 24.3 Å². The van der Waals surface area contributed by atoms with Gasteiger partial charge in [0.15, 0.2) is 0 Å². The molecule has 11 heteroatoms. The van der Waals surface area contributed by atoms with Gasteiger partial charge in [-0.25, -0.2) is 14.8 Å². The average Bonchev–Trinajstić information content (AvgIpc) is 3.22. The van der Waals surface area contributed by atoms with Crippen LogP contribution in [-0.2, 0) is 17.8 Å². The van der Waals surface area contributed by atoms with E-state index in [4.69, 9.17) is 0 Å². The number of urea groups is 1. The molecule has 2 aliphatic rings. The van der Waals surface area contributed by atoms with Crippen molar-refractivity contribution in [3.8, 4) is 11.1 Å². The third kappa shape index (κ3) is 5.89. The summed E-state index contributed by atoms with van der Waals surface area (Å²) in [5, 5.41) is 4.02. The van der Waals surface area contributed by atoms with Gasteiger partial charge in [-0.15, -0.1) is 24.8 Å². The fourth-order valence-corrected chi connectivity index (χ4v) is 6.06. The number of nitrogens with one attached hydrogen (secondary N) is 1. The summed E-state index contributed by atoms with van der Waals surface area (Å²) in [6.45, 7) is 4.24. The highest BCUT2D eigenvalue weighted by Crippen LogP contribution is 2.36. The number of carbonyl (C=O) groups excluding carboxylic acids is 2. The van der Waals surface area contributed by atoms with Crippen LogP contribution >= 0.6 is 24.8 Å².